The summed E-state index contributed by atoms with van der Waals surface area (Å²) in [6, 6.07) is 13.6. The molecule has 20 heavy (non-hydrogen) atoms. The molecule has 0 saturated carbocycles. The van der Waals surface area contributed by atoms with Gasteiger partial charge in [0.05, 0.1) is 6.42 Å². The molecule has 0 heterocycles. The normalized spacial score (nSPS) is 10.5. The smallest absolute Gasteiger partial charge is 0.307 e. The lowest BCUT2D eigenvalue weighted by atomic mass is 10.1. The predicted octanol–water partition coefficient (Wildman–Crippen LogP) is 4.68. The zero-order valence-corrected chi connectivity index (χ0v) is 12.7. The van der Waals surface area contributed by atoms with Crippen LogP contribution in [-0.4, -0.2) is 11.1 Å². The third-order valence-electron chi connectivity index (χ3n) is 2.92. The molecular weight excluding hydrogens is 292 g/mol. The third kappa shape index (κ3) is 4.02. The van der Waals surface area contributed by atoms with Crippen LogP contribution < -0.4 is 0 Å². The molecular formula is C16H15ClO2S. The van der Waals surface area contributed by atoms with Gasteiger partial charge in [-0.15, -0.1) is 0 Å². The molecule has 2 rings (SSSR count). The number of hydrogen-bond acceptors (Lipinski definition) is 2. The molecule has 2 aromatic rings. The SMILES string of the molecule is CCc1ccc(Sc2ccc(Cl)cc2)c(CC(=O)O)c1. The van der Waals surface area contributed by atoms with Crippen molar-refractivity contribution in [3.63, 3.8) is 0 Å². The van der Waals surface area contributed by atoms with Crippen molar-refractivity contribution in [2.75, 3.05) is 0 Å². The van der Waals surface area contributed by atoms with Crippen LogP contribution in [0.2, 0.25) is 5.02 Å². The van der Waals surface area contributed by atoms with E-state index in [-0.39, 0.29) is 6.42 Å². The summed E-state index contributed by atoms with van der Waals surface area (Å²) in [7, 11) is 0. The Bertz CT molecular complexity index is 608. The van der Waals surface area contributed by atoms with Crippen LogP contribution in [0.25, 0.3) is 0 Å². The maximum Gasteiger partial charge on any atom is 0.307 e. The van der Waals surface area contributed by atoms with Crippen molar-refractivity contribution in [3.8, 4) is 0 Å². The molecule has 0 radical (unpaired) electrons. The average molecular weight is 307 g/mol. The Kier molecular flexibility index (Phi) is 5.10. The van der Waals surface area contributed by atoms with Gasteiger partial charge in [-0.25, -0.2) is 0 Å². The van der Waals surface area contributed by atoms with Gasteiger partial charge in [-0.1, -0.05) is 42.4 Å². The highest BCUT2D eigenvalue weighted by atomic mass is 35.5. The molecule has 0 amide bonds. The standard InChI is InChI=1S/C16H15ClO2S/c1-2-11-3-8-15(12(9-11)10-16(18)19)20-14-6-4-13(17)5-7-14/h3-9H,2,10H2,1H3,(H,18,19). The minimum atomic E-state index is -0.809. The van der Waals surface area contributed by atoms with E-state index in [0.717, 1.165) is 27.3 Å². The summed E-state index contributed by atoms with van der Waals surface area (Å²) < 4.78 is 0. The van der Waals surface area contributed by atoms with Crippen LogP contribution in [0.1, 0.15) is 18.1 Å². The Morgan fingerprint density at radius 2 is 1.90 bits per heavy atom. The van der Waals surface area contributed by atoms with Crippen LogP contribution in [0.15, 0.2) is 52.3 Å². The van der Waals surface area contributed by atoms with Crippen LogP contribution >= 0.6 is 23.4 Å². The molecule has 0 bridgehead atoms. The Morgan fingerprint density at radius 1 is 1.20 bits per heavy atom. The van der Waals surface area contributed by atoms with E-state index in [1.54, 1.807) is 11.8 Å². The molecule has 0 saturated heterocycles. The highest BCUT2D eigenvalue weighted by Crippen LogP contribution is 2.32. The Labute approximate surface area is 127 Å². The maximum absolute atomic E-state index is 11.0. The monoisotopic (exact) mass is 306 g/mol. The van der Waals surface area contributed by atoms with Crippen molar-refractivity contribution in [2.45, 2.75) is 29.6 Å². The van der Waals surface area contributed by atoms with Crippen LogP contribution in [0.3, 0.4) is 0 Å². The second-order valence-electron chi connectivity index (χ2n) is 4.42. The number of carboxylic acids is 1. The fourth-order valence-electron chi connectivity index (χ4n) is 1.88. The number of rotatable bonds is 5. The fourth-order valence-corrected chi connectivity index (χ4v) is 2.93. The van der Waals surface area contributed by atoms with E-state index in [4.69, 9.17) is 16.7 Å². The number of halogens is 1. The molecule has 4 heteroatoms. The summed E-state index contributed by atoms with van der Waals surface area (Å²) in [5.41, 5.74) is 2.01. The second-order valence-corrected chi connectivity index (χ2v) is 5.97. The summed E-state index contributed by atoms with van der Waals surface area (Å²) in [5, 5.41) is 9.73. The minimum Gasteiger partial charge on any atom is -0.481 e. The zero-order chi connectivity index (χ0) is 14.5. The molecule has 104 valence electrons. The molecule has 1 N–H and O–H groups in total. The van der Waals surface area contributed by atoms with Crippen LogP contribution in [0.5, 0.6) is 0 Å². The van der Waals surface area contributed by atoms with Gasteiger partial charge in [0.25, 0.3) is 0 Å². The highest BCUT2D eigenvalue weighted by Gasteiger charge is 2.09. The van der Waals surface area contributed by atoms with Crippen LogP contribution in [0.4, 0.5) is 0 Å². The van der Waals surface area contributed by atoms with E-state index in [1.165, 1.54) is 0 Å². The molecule has 0 atom stereocenters. The molecule has 2 aromatic carbocycles. The van der Waals surface area contributed by atoms with Crippen molar-refractivity contribution in [1.29, 1.82) is 0 Å². The summed E-state index contributed by atoms with van der Waals surface area (Å²) >= 11 is 7.43. The van der Waals surface area contributed by atoms with Gasteiger partial charge in [-0.3, -0.25) is 4.79 Å². The van der Waals surface area contributed by atoms with Gasteiger partial charge in [-0.2, -0.15) is 0 Å². The number of benzene rings is 2. The third-order valence-corrected chi connectivity index (χ3v) is 4.29. The first kappa shape index (κ1) is 14.9. The Balaban J connectivity index is 2.29. The van der Waals surface area contributed by atoms with E-state index in [2.05, 4.69) is 6.92 Å². The summed E-state index contributed by atoms with van der Waals surface area (Å²) in [6.07, 6.45) is 0.947. The number of carboxylic acid groups (broad SMARTS) is 1. The van der Waals surface area contributed by atoms with Gasteiger partial charge in [-0.05, 0) is 47.9 Å². The quantitative estimate of drug-likeness (QED) is 0.871. The zero-order valence-electron chi connectivity index (χ0n) is 11.1. The largest absolute Gasteiger partial charge is 0.481 e. The molecule has 0 aromatic heterocycles. The first-order chi connectivity index (χ1) is 9.58. The predicted molar refractivity (Wildman–Crippen MR) is 82.7 cm³/mol. The van der Waals surface area contributed by atoms with Crippen molar-refractivity contribution < 1.29 is 9.90 Å². The lowest BCUT2D eigenvalue weighted by Crippen LogP contribution is -2.02. The van der Waals surface area contributed by atoms with Gasteiger partial charge in [0.1, 0.15) is 0 Å². The van der Waals surface area contributed by atoms with Crippen molar-refractivity contribution in [2.24, 2.45) is 0 Å². The highest BCUT2D eigenvalue weighted by molar-refractivity contribution is 7.99. The Hall–Kier alpha value is -1.45. The van der Waals surface area contributed by atoms with Crippen molar-refractivity contribution in [3.05, 3.63) is 58.6 Å². The first-order valence-electron chi connectivity index (χ1n) is 6.35. The number of carbonyl (C=O) groups is 1. The lowest BCUT2D eigenvalue weighted by molar-refractivity contribution is -0.136. The molecule has 2 nitrogen and oxygen atoms in total. The average Bonchev–Trinajstić information content (AvgIpc) is 2.42. The number of aryl methyl sites for hydroxylation is 1. The van der Waals surface area contributed by atoms with Crippen LogP contribution in [-0.2, 0) is 17.6 Å². The van der Waals surface area contributed by atoms with Crippen molar-refractivity contribution >= 4 is 29.3 Å². The van der Waals surface area contributed by atoms with Gasteiger partial charge < -0.3 is 5.11 Å². The van der Waals surface area contributed by atoms with Gasteiger partial charge in [0, 0.05) is 14.8 Å². The van der Waals surface area contributed by atoms with E-state index in [9.17, 15) is 4.79 Å². The minimum absolute atomic E-state index is 0.0454. The molecule has 0 fully saturated rings. The fraction of sp³-hybridized carbons (Fsp3) is 0.188. The molecule has 0 spiro atoms. The van der Waals surface area contributed by atoms with E-state index >= 15 is 0 Å². The van der Waals surface area contributed by atoms with E-state index < -0.39 is 5.97 Å². The number of aliphatic carboxylic acids is 1. The first-order valence-corrected chi connectivity index (χ1v) is 7.55. The lowest BCUT2D eigenvalue weighted by Gasteiger charge is -2.09. The Morgan fingerprint density at radius 3 is 2.50 bits per heavy atom. The van der Waals surface area contributed by atoms with Crippen molar-refractivity contribution in [1.82, 2.24) is 0 Å². The molecule has 0 unspecified atom stereocenters. The summed E-state index contributed by atoms with van der Waals surface area (Å²) in [5.74, 6) is -0.809. The van der Waals surface area contributed by atoms with Gasteiger partial charge in [0.2, 0.25) is 0 Å². The second kappa shape index (κ2) is 6.82. The topological polar surface area (TPSA) is 37.3 Å². The van der Waals surface area contributed by atoms with Gasteiger partial charge in [0.15, 0.2) is 0 Å². The van der Waals surface area contributed by atoms with E-state index in [0.29, 0.717) is 5.02 Å². The molecule has 0 aliphatic carbocycles. The van der Waals surface area contributed by atoms with Gasteiger partial charge >= 0.3 is 5.97 Å². The molecule has 0 aliphatic heterocycles. The van der Waals surface area contributed by atoms with E-state index in [1.807, 2.05) is 42.5 Å². The molecule has 0 aliphatic rings. The summed E-state index contributed by atoms with van der Waals surface area (Å²) in [4.78, 5) is 13.0. The van der Waals surface area contributed by atoms with Crippen LogP contribution in [0, 0.1) is 0 Å². The maximum atomic E-state index is 11.0. The summed E-state index contributed by atoms with van der Waals surface area (Å²) in [6.45, 7) is 2.06. The number of hydrogen-bond donors (Lipinski definition) is 1.